The number of fused-ring (bicyclic) bond motifs is 1. The zero-order valence-electron chi connectivity index (χ0n) is 17.1. The SMILES string of the molecule is CN(C)C(=O)CCCNc1nc(N2CCC(c3cnc[nH]3)CC2)nc2c1SCC2. The number of imidazole rings is 1. The van der Waals surface area contributed by atoms with E-state index < -0.39 is 0 Å². The van der Waals surface area contributed by atoms with E-state index >= 15 is 0 Å². The van der Waals surface area contributed by atoms with Crippen molar-refractivity contribution in [3.63, 3.8) is 0 Å². The van der Waals surface area contributed by atoms with E-state index in [1.807, 2.05) is 18.0 Å². The molecule has 0 atom stereocenters. The summed E-state index contributed by atoms with van der Waals surface area (Å²) >= 11 is 1.83. The second-order valence-corrected chi connectivity index (χ2v) is 8.94. The number of piperidine rings is 1. The van der Waals surface area contributed by atoms with Crippen molar-refractivity contribution in [1.29, 1.82) is 0 Å². The number of H-pyrrole nitrogens is 1. The highest BCUT2D eigenvalue weighted by Gasteiger charge is 2.26. The van der Waals surface area contributed by atoms with Crippen molar-refractivity contribution in [3.05, 3.63) is 23.9 Å². The molecule has 0 unspecified atom stereocenters. The van der Waals surface area contributed by atoms with E-state index in [1.54, 1.807) is 25.3 Å². The minimum absolute atomic E-state index is 0.162. The van der Waals surface area contributed by atoms with Crippen LogP contribution >= 0.6 is 11.8 Å². The van der Waals surface area contributed by atoms with Crippen molar-refractivity contribution in [2.75, 3.05) is 49.7 Å². The van der Waals surface area contributed by atoms with Gasteiger partial charge in [-0.05, 0) is 19.3 Å². The molecule has 4 heterocycles. The Hall–Kier alpha value is -2.29. The molecule has 0 radical (unpaired) electrons. The van der Waals surface area contributed by atoms with Gasteiger partial charge in [0, 0.05) is 70.1 Å². The number of nitrogens with zero attached hydrogens (tertiary/aromatic N) is 5. The smallest absolute Gasteiger partial charge is 0.227 e. The zero-order chi connectivity index (χ0) is 20.2. The maximum absolute atomic E-state index is 11.8. The highest BCUT2D eigenvalue weighted by atomic mass is 32.2. The molecule has 1 saturated heterocycles. The minimum Gasteiger partial charge on any atom is -0.369 e. The number of aryl methyl sites for hydroxylation is 1. The molecule has 2 aromatic heterocycles. The van der Waals surface area contributed by atoms with E-state index in [4.69, 9.17) is 9.97 Å². The molecule has 2 aliphatic rings. The molecule has 0 bridgehead atoms. The predicted molar refractivity (Wildman–Crippen MR) is 116 cm³/mol. The van der Waals surface area contributed by atoms with E-state index in [0.717, 1.165) is 68.5 Å². The van der Waals surface area contributed by atoms with E-state index in [-0.39, 0.29) is 5.91 Å². The Morgan fingerprint density at radius 1 is 1.34 bits per heavy atom. The lowest BCUT2D eigenvalue weighted by Gasteiger charge is -2.32. The molecule has 2 N–H and O–H groups in total. The third-order valence-corrected chi connectivity index (χ3v) is 6.73. The zero-order valence-corrected chi connectivity index (χ0v) is 18.0. The summed E-state index contributed by atoms with van der Waals surface area (Å²) in [4.78, 5) is 34.0. The molecule has 2 aromatic rings. The highest BCUT2D eigenvalue weighted by molar-refractivity contribution is 7.99. The Bertz CT molecular complexity index is 832. The summed E-state index contributed by atoms with van der Waals surface area (Å²) in [5.41, 5.74) is 2.38. The van der Waals surface area contributed by atoms with Gasteiger partial charge in [-0.3, -0.25) is 4.79 Å². The number of thioether (sulfide) groups is 1. The number of hydrogen-bond donors (Lipinski definition) is 2. The monoisotopic (exact) mass is 415 g/mol. The quantitative estimate of drug-likeness (QED) is 0.672. The maximum atomic E-state index is 11.8. The normalized spacial score (nSPS) is 16.7. The summed E-state index contributed by atoms with van der Waals surface area (Å²) in [6.07, 6.45) is 8.19. The number of anilines is 2. The molecule has 4 rings (SSSR count). The van der Waals surface area contributed by atoms with E-state index in [9.17, 15) is 4.79 Å². The van der Waals surface area contributed by atoms with Crippen molar-refractivity contribution in [2.45, 2.75) is 42.9 Å². The summed E-state index contributed by atoms with van der Waals surface area (Å²) in [5.74, 6) is 3.52. The van der Waals surface area contributed by atoms with Crippen molar-refractivity contribution in [3.8, 4) is 0 Å². The van der Waals surface area contributed by atoms with Crippen LogP contribution in [-0.4, -0.2) is 70.2 Å². The Labute approximate surface area is 175 Å². The molecular formula is C20H29N7OS. The van der Waals surface area contributed by atoms with Gasteiger partial charge in [0.15, 0.2) is 0 Å². The third-order valence-electron chi connectivity index (χ3n) is 5.60. The Balaban J connectivity index is 1.39. The molecule has 1 amide bonds. The van der Waals surface area contributed by atoms with Crippen molar-refractivity contribution in [2.24, 2.45) is 0 Å². The van der Waals surface area contributed by atoms with Crippen molar-refractivity contribution >= 4 is 29.4 Å². The van der Waals surface area contributed by atoms with Crippen LogP contribution in [0.1, 0.15) is 43.0 Å². The van der Waals surface area contributed by atoms with Crippen LogP contribution in [0, 0.1) is 0 Å². The lowest BCUT2D eigenvalue weighted by atomic mass is 9.94. The summed E-state index contributed by atoms with van der Waals surface area (Å²) in [7, 11) is 3.59. The standard InChI is InChI=1S/C20H29N7OS/c1-26(2)17(28)4-3-8-22-19-18-15(7-11-29-18)24-20(25-19)27-9-5-14(6-10-27)16-12-21-13-23-16/h12-14H,3-11H2,1-2H3,(H,21,23)(H,22,24,25). The summed E-state index contributed by atoms with van der Waals surface area (Å²) < 4.78 is 0. The predicted octanol–water partition coefficient (Wildman–Crippen LogP) is 2.51. The van der Waals surface area contributed by atoms with Gasteiger partial charge >= 0.3 is 0 Å². The second-order valence-electron chi connectivity index (χ2n) is 7.83. The van der Waals surface area contributed by atoms with Gasteiger partial charge < -0.3 is 20.1 Å². The lowest BCUT2D eigenvalue weighted by molar-refractivity contribution is -0.128. The number of carbonyl (C=O) groups is 1. The molecule has 8 nitrogen and oxygen atoms in total. The van der Waals surface area contributed by atoms with Gasteiger partial charge in [-0.25, -0.2) is 9.97 Å². The fourth-order valence-electron chi connectivity index (χ4n) is 3.87. The van der Waals surface area contributed by atoms with Crippen LogP contribution < -0.4 is 10.2 Å². The first kappa shape index (κ1) is 20.0. The average molecular weight is 416 g/mol. The fourth-order valence-corrected chi connectivity index (χ4v) is 4.93. The van der Waals surface area contributed by atoms with E-state index in [2.05, 4.69) is 20.2 Å². The van der Waals surface area contributed by atoms with E-state index in [1.165, 1.54) is 10.6 Å². The first-order chi connectivity index (χ1) is 14.1. The molecule has 0 aromatic carbocycles. The van der Waals surface area contributed by atoms with Gasteiger partial charge in [-0.15, -0.1) is 11.8 Å². The maximum Gasteiger partial charge on any atom is 0.227 e. The number of carbonyl (C=O) groups excluding carboxylic acids is 1. The third kappa shape index (κ3) is 4.66. The number of nitrogens with one attached hydrogen (secondary N) is 2. The van der Waals surface area contributed by atoms with Gasteiger partial charge in [-0.2, -0.15) is 4.98 Å². The molecule has 0 aliphatic carbocycles. The number of aromatic amines is 1. The van der Waals surface area contributed by atoms with Gasteiger partial charge in [0.05, 0.1) is 16.9 Å². The van der Waals surface area contributed by atoms with Gasteiger partial charge in [0.2, 0.25) is 11.9 Å². The van der Waals surface area contributed by atoms with Crippen LogP contribution in [0.5, 0.6) is 0 Å². The van der Waals surface area contributed by atoms with Gasteiger partial charge in [-0.1, -0.05) is 0 Å². The van der Waals surface area contributed by atoms with Crippen LogP contribution in [0.15, 0.2) is 17.4 Å². The van der Waals surface area contributed by atoms with Crippen LogP contribution in [0.25, 0.3) is 0 Å². The number of rotatable bonds is 7. The second kappa shape index (κ2) is 9.02. The summed E-state index contributed by atoms with van der Waals surface area (Å²) in [6.45, 7) is 2.64. The Morgan fingerprint density at radius 2 is 2.17 bits per heavy atom. The lowest BCUT2D eigenvalue weighted by Crippen LogP contribution is -2.34. The van der Waals surface area contributed by atoms with Crippen LogP contribution in [0.4, 0.5) is 11.8 Å². The number of hydrogen-bond acceptors (Lipinski definition) is 7. The molecule has 9 heteroatoms. The minimum atomic E-state index is 0.162. The Morgan fingerprint density at radius 3 is 2.90 bits per heavy atom. The molecular weight excluding hydrogens is 386 g/mol. The number of aromatic nitrogens is 4. The molecule has 0 saturated carbocycles. The highest BCUT2D eigenvalue weighted by Crippen LogP contribution is 2.37. The van der Waals surface area contributed by atoms with Gasteiger partial charge in [0.1, 0.15) is 5.82 Å². The van der Waals surface area contributed by atoms with E-state index in [0.29, 0.717) is 12.3 Å². The topological polar surface area (TPSA) is 90.0 Å². The van der Waals surface area contributed by atoms with Crippen molar-refractivity contribution in [1.82, 2.24) is 24.8 Å². The van der Waals surface area contributed by atoms with Crippen LogP contribution in [-0.2, 0) is 11.2 Å². The summed E-state index contributed by atoms with van der Waals surface area (Å²) in [5, 5.41) is 3.47. The average Bonchev–Trinajstić information content (AvgIpc) is 3.42. The Kier molecular flexibility index (Phi) is 6.22. The van der Waals surface area contributed by atoms with Crippen molar-refractivity contribution < 1.29 is 4.79 Å². The first-order valence-electron chi connectivity index (χ1n) is 10.3. The molecule has 0 spiro atoms. The largest absolute Gasteiger partial charge is 0.369 e. The molecule has 29 heavy (non-hydrogen) atoms. The van der Waals surface area contributed by atoms with Crippen LogP contribution in [0.2, 0.25) is 0 Å². The number of amides is 1. The van der Waals surface area contributed by atoms with Crippen LogP contribution in [0.3, 0.4) is 0 Å². The molecule has 1 fully saturated rings. The van der Waals surface area contributed by atoms with Gasteiger partial charge in [0.25, 0.3) is 0 Å². The molecule has 2 aliphatic heterocycles. The molecule has 156 valence electrons. The summed E-state index contributed by atoms with van der Waals surface area (Å²) in [6, 6.07) is 0. The first-order valence-corrected chi connectivity index (χ1v) is 11.3. The fraction of sp³-hybridized carbons (Fsp3) is 0.600.